The Kier molecular flexibility index (Phi) is 2.63. The number of fused-ring (bicyclic) bond motifs is 1. The summed E-state index contributed by atoms with van der Waals surface area (Å²) in [6, 6.07) is -0.349. The number of nitrogens with zero attached hydrogens (tertiary/aromatic N) is 6. The van der Waals surface area contributed by atoms with Crippen LogP contribution in [0.2, 0.25) is 0 Å². The second kappa shape index (κ2) is 4.44. The van der Waals surface area contributed by atoms with Gasteiger partial charge < -0.3 is 5.32 Å². The molecule has 0 aliphatic heterocycles. The molecule has 0 saturated heterocycles. The Hall–Kier alpha value is -2.84. The topological polar surface area (TPSA) is 114 Å². The van der Waals surface area contributed by atoms with Gasteiger partial charge in [0.25, 0.3) is 5.91 Å². The lowest BCUT2D eigenvalue weighted by Gasteiger charge is -2.08. The number of carbonyl (C=O) groups excluding carboxylic acids is 1. The molecule has 0 aromatic carbocycles. The predicted molar refractivity (Wildman–Crippen MR) is 63.0 cm³/mol. The van der Waals surface area contributed by atoms with Crippen molar-refractivity contribution in [1.82, 2.24) is 40.5 Å². The minimum atomic E-state index is -0.349. The van der Waals surface area contributed by atoms with Gasteiger partial charge in [0, 0.05) is 12.4 Å². The van der Waals surface area contributed by atoms with Crippen LogP contribution in [0.15, 0.2) is 24.8 Å². The first kappa shape index (κ1) is 11.3. The fourth-order valence-electron chi connectivity index (χ4n) is 1.70. The lowest BCUT2D eigenvalue weighted by molar-refractivity contribution is 0.0940. The van der Waals surface area contributed by atoms with Gasteiger partial charge >= 0.3 is 0 Å². The fraction of sp³-hybridized carbons (Fsp3) is 0.200. The molecule has 2 N–H and O–H groups in total. The summed E-state index contributed by atoms with van der Waals surface area (Å²) in [5.74, 6) is 0.156. The van der Waals surface area contributed by atoms with E-state index in [4.69, 9.17) is 0 Å². The predicted octanol–water partition coefficient (Wildman–Crippen LogP) is -0.267. The van der Waals surface area contributed by atoms with Crippen molar-refractivity contribution < 1.29 is 4.79 Å². The van der Waals surface area contributed by atoms with Gasteiger partial charge in [-0.05, 0) is 6.92 Å². The van der Waals surface area contributed by atoms with Crippen LogP contribution in [0.5, 0.6) is 0 Å². The maximum absolute atomic E-state index is 12.1. The zero-order valence-electron chi connectivity index (χ0n) is 9.98. The maximum atomic E-state index is 12.1. The van der Waals surface area contributed by atoms with Crippen LogP contribution in [0.3, 0.4) is 0 Å². The van der Waals surface area contributed by atoms with E-state index in [0.717, 1.165) is 0 Å². The van der Waals surface area contributed by atoms with Crippen molar-refractivity contribution in [1.29, 1.82) is 0 Å². The summed E-state index contributed by atoms with van der Waals surface area (Å²) in [6.07, 6.45) is 6.36. The van der Waals surface area contributed by atoms with Gasteiger partial charge in [-0.25, -0.2) is 4.52 Å². The smallest absolute Gasteiger partial charge is 0.255 e. The molecular weight excluding hydrogens is 248 g/mol. The normalized spacial score (nSPS) is 12.5. The Morgan fingerprint density at radius 3 is 3.16 bits per heavy atom. The van der Waals surface area contributed by atoms with E-state index < -0.39 is 0 Å². The van der Waals surface area contributed by atoms with Crippen LogP contribution in [-0.2, 0) is 0 Å². The van der Waals surface area contributed by atoms with Crippen LogP contribution in [0.25, 0.3) is 5.52 Å². The van der Waals surface area contributed by atoms with E-state index in [2.05, 4.69) is 36.0 Å². The van der Waals surface area contributed by atoms with E-state index in [0.29, 0.717) is 16.9 Å². The molecule has 19 heavy (non-hydrogen) atoms. The van der Waals surface area contributed by atoms with E-state index in [1.807, 2.05) is 0 Å². The highest BCUT2D eigenvalue weighted by Gasteiger charge is 2.17. The second-order valence-corrected chi connectivity index (χ2v) is 3.93. The Morgan fingerprint density at radius 2 is 2.37 bits per heavy atom. The van der Waals surface area contributed by atoms with Crippen molar-refractivity contribution in [3.05, 3.63) is 36.2 Å². The van der Waals surface area contributed by atoms with Crippen molar-refractivity contribution in [2.24, 2.45) is 0 Å². The standard InChI is InChI=1S/C10H10N8O/c1-6(9-14-16-17-15-9)13-10(19)7-4-12-18-3-2-11-5-8(7)18/h2-6H,1H3,(H,13,19)(H,14,15,16,17). The molecular formula is C10H10N8O. The van der Waals surface area contributed by atoms with Crippen LogP contribution in [0.1, 0.15) is 29.1 Å². The summed E-state index contributed by atoms with van der Waals surface area (Å²) in [5.41, 5.74) is 1.09. The van der Waals surface area contributed by atoms with Gasteiger partial charge in [-0.3, -0.25) is 9.78 Å². The molecule has 0 aliphatic rings. The van der Waals surface area contributed by atoms with E-state index in [-0.39, 0.29) is 11.9 Å². The fourth-order valence-corrected chi connectivity index (χ4v) is 1.70. The van der Waals surface area contributed by atoms with Gasteiger partial charge in [0.15, 0.2) is 5.82 Å². The lowest BCUT2D eigenvalue weighted by atomic mass is 10.2. The third-order valence-electron chi connectivity index (χ3n) is 2.67. The quantitative estimate of drug-likeness (QED) is 0.668. The van der Waals surface area contributed by atoms with Gasteiger partial charge in [0.05, 0.1) is 29.5 Å². The third kappa shape index (κ3) is 2.01. The molecule has 3 aromatic heterocycles. The molecule has 3 heterocycles. The first-order valence-corrected chi connectivity index (χ1v) is 5.57. The highest BCUT2D eigenvalue weighted by Crippen LogP contribution is 2.11. The van der Waals surface area contributed by atoms with Crippen LogP contribution < -0.4 is 5.32 Å². The number of amides is 1. The molecule has 1 amide bonds. The van der Waals surface area contributed by atoms with Crippen molar-refractivity contribution in [2.75, 3.05) is 0 Å². The molecule has 0 bridgehead atoms. The van der Waals surface area contributed by atoms with Crippen LogP contribution in [0, 0.1) is 0 Å². The van der Waals surface area contributed by atoms with Crippen molar-refractivity contribution >= 4 is 11.4 Å². The number of nitrogens with one attached hydrogen (secondary N) is 2. The van der Waals surface area contributed by atoms with E-state index >= 15 is 0 Å². The first-order chi connectivity index (χ1) is 9.25. The number of carbonyl (C=O) groups is 1. The monoisotopic (exact) mass is 258 g/mol. The number of aromatic amines is 1. The molecule has 9 heteroatoms. The molecule has 1 atom stereocenters. The highest BCUT2D eigenvalue weighted by molar-refractivity contribution is 6.00. The molecule has 96 valence electrons. The van der Waals surface area contributed by atoms with Crippen molar-refractivity contribution in [2.45, 2.75) is 13.0 Å². The molecule has 0 radical (unpaired) electrons. The zero-order valence-corrected chi connectivity index (χ0v) is 9.98. The highest BCUT2D eigenvalue weighted by atomic mass is 16.1. The van der Waals surface area contributed by atoms with E-state index in [1.54, 1.807) is 30.0 Å². The minimum absolute atomic E-state index is 0.264. The number of hydrogen-bond donors (Lipinski definition) is 2. The number of hydrogen-bond acceptors (Lipinski definition) is 6. The summed E-state index contributed by atoms with van der Waals surface area (Å²) in [6.45, 7) is 1.77. The largest absolute Gasteiger partial charge is 0.342 e. The van der Waals surface area contributed by atoms with Crippen molar-refractivity contribution in [3.63, 3.8) is 0 Å². The number of tetrazole rings is 1. The molecule has 3 aromatic rings. The molecule has 0 fully saturated rings. The van der Waals surface area contributed by atoms with Gasteiger partial charge in [0.2, 0.25) is 0 Å². The summed E-state index contributed by atoms with van der Waals surface area (Å²) in [7, 11) is 0. The average molecular weight is 258 g/mol. The molecule has 0 spiro atoms. The van der Waals surface area contributed by atoms with Crippen LogP contribution >= 0.6 is 0 Å². The van der Waals surface area contributed by atoms with Gasteiger partial charge in [-0.1, -0.05) is 5.21 Å². The third-order valence-corrected chi connectivity index (χ3v) is 2.67. The van der Waals surface area contributed by atoms with E-state index in [1.165, 1.54) is 6.20 Å². The zero-order chi connectivity index (χ0) is 13.2. The van der Waals surface area contributed by atoms with Crippen LogP contribution in [0.4, 0.5) is 0 Å². The molecule has 0 saturated carbocycles. The van der Waals surface area contributed by atoms with Gasteiger partial charge in [-0.15, -0.1) is 10.2 Å². The van der Waals surface area contributed by atoms with Crippen molar-refractivity contribution in [3.8, 4) is 0 Å². The van der Waals surface area contributed by atoms with Crippen LogP contribution in [-0.4, -0.2) is 41.1 Å². The number of aromatic nitrogens is 7. The Balaban J connectivity index is 1.84. The molecule has 9 nitrogen and oxygen atoms in total. The number of rotatable bonds is 3. The maximum Gasteiger partial charge on any atom is 0.255 e. The van der Waals surface area contributed by atoms with E-state index in [9.17, 15) is 4.79 Å². The summed E-state index contributed by atoms with van der Waals surface area (Å²) in [5, 5.41) is 20.3. The lowest BCUT2D eigenvalue weighted by Crippen LogP contribution is -2.27. The summed E-state index contributed by atoms with van der Waals surface area (Å²) in [4.78, 5) is 16.1. The summed E-state index contributed by atoms with van der Waals surface area (Å²) >= 11 is 0. The second-order valence-electron chi connectivity index (χ2n) is 3.93. The van der Waals surface area contributed by atoms with Gasteiger partial charge in [0.1, 0.15) is 0 Å². The Bertz CT molecular complexity index is 703. The first-order valence-electron chi connectivity index (χ1n) is 5.57. The molecule has 1 unspecified atom stereocenters. The number of H-pyrrole nitrogens is 1. The SMILES string of the molecule is CC(NC(=O)c1cnn2ccncc12)c1nn[nH]n1. The Morgan fingerprint density at radius 1 is 1.47 bits per heavy atom. The molecule has 3 rings (SSSR count). The molecule has 0 aliphatic carbocycles. The van der Waals surface area contributed by atoms with Gasteiger partial charge in [-0.2, -0.15) is 10.3 Å². The minimum Gasteiger partial charge on any atom is -0.342 e. The summed E-state index contributed by atoms with van der Waals surface area (Å²) < 4.78 is 1.58. The average Bonchev–Trinajstić information content (AvgIpc) is 3.08. The Labute approximate surface area is 107 Å².